The van der Waals surface area contributed by atoms with Crippen molar-refractivity contribution in [3.63, 3.8) is 0 Å². The van der Waals surface area contributed by atoms with Crippen molar-refractivity contribution in [2.24, 2.45) is 0 Å². The fraction of sp³-hybridized carbons (Fsp3) is 0.267. The molecule has 4 rings (SSSR count). The fourth-order valence-electron chi connectivity index (χ4n) is 2.50. The minimum atomic E-state index is 0.523. The van der Waals surface area contributed by atoms with Gasteiger partial charge in [-0.05, 0) is 40.2 Å². The van der Waals surface area contributed by atoms with Crippen LogP contribution in [-0.4, -0.2) is 45.9 Å². The van der Waals surface area contributed by atoms with E-state index < -0.39 is 0 Å². The summed E-state index contributed by atoms with van der Waals surface area (Å²) < 4.78 is 8.03. The fourth-order valence-corrected chi connectivity index (χ4v) is 2.91. The van der Waals surface area contributed by atoms with Crippen LogP contribution < -0.4 is 10.2 Å². The second kappa shape index (κ2) is 6.13. The largest absolute Gasteiger partial charge is 0.378 e. The van der Waals surface area contributed by atoms with Gasteiger partial charge in [-0.25, -0.2) is 14.5 Å². The van der Waals surface area contributed by atoms with E-state index in [0.717, 1.165) is 47.9 Å². The Balaban J connectivity index is 1.52. The molecular weight excluding hydrogens is 360 g/mol. The summed E-state index contributed by atoms with van der Waals surface area (Å²) in [6, 6.07) is 7.87. The van der Waals surface area contributed by atoms with Crippen LogP contribution in [0.4, 0.5) is 17.5 Å². The van der Waals surface area contributed by atoms with E-state index in [4.69, 9.17) is 4.74 Å². The molecule has 0 spiro atoms. The molecule has 0 aliphatic carbocycles. The lowest BCUT2D eigenvalue weighted by molar-refractivity contribution is 0.122. The molecule has 4 heterocycles. The molecule has 1 aliphatic rings. The first-order chi connectivity index (χ1) is 11.3. The molecule has 0 aromatic carbocycles. The number of aromatic nitrogens is 4. The Labute approximate surface area is 141 Å². The van der Waals surface area contributed by atoms with Crippen LogP contribution in [0.15, 0.2) is 41.3 Å². The Morgan fingerprint density at radius 3 is 2.70 bits per heavy atom. The number of pyridine rings is 1. The molecule has 1 aliphatic heterocycles. The molecular formula is C15H15BrN6O. The summed E-state index contributed by atoms with van der Waals surface area (Å²) in [6.45, 7) is 3.25. The Morgan fingerprint density at radius 1 is 1.04 bits per heavy atom. The molecule has 0 unspecified atom stereocenters. The summed E-state index contributed by atoms with van der Waals surface area (Å²) in [5, 5.41) is 7.61. The Morgan fingerprint density at radius 2 is 1.91 bits per heavy atom. The van der Waals surface area contributed by atoms with Gasteiger partial charge in [-0.3, -0.25) is 0 Å². The standard InChI is InChI=1S/C15H15BrN6O/c16-13-3-2-12-10-18-15(20-22(12)13)19-11-1-4-14(17-9-11)21-5-7-23-8-6-21/h1-4,9-10H,5-8H2,(H,19,20). The molecule has 1 N–H and O–H groups in total. The van der Waals surface area contributed by atoms with Crippen molar-refractivity contribution in [3.05, 3.63) is 41.3 Å². The molecule has 118 valence electrons. The highest BCUT2D eigenvalue weighted by Crippen LogP contribution is 2.19. The van der Waals surface area contributed by atoms with Gasteiger partial charge in [0.05, 0.1) is 36.8 Å². The molecule has 0 radical (unpaired) electrons. The molecule has 3 aromatic heterocycles. The molecule has 1 saturated heterocycles. The molecule has 1 fully saturated rings. The Hall–Kier alpha value is -2.19. The molecule has 0 atom stereocenters. The Kier molecular flexibility index (Phi) is 3.84. The van der Waals surface area contributed by atoms with Crippen LogP contribution in [0.5, 0.6) is 0 Å². The summed E-state index contributed by atoms with van der Waals surface area (Å²) in [5.41, 5.74) is 1.79. The second-order valence-electron chi connectivity index (χ2n) is 5.20. The van der Waals surface area contributed by atoms with Crippen molar-refractivity contribution >= 4 is 38.9 Å². The first-order valence-corrected chi connectivity index (χ1v) is 8.15. The third-order valence-corrected chi connectivity index (χ3v) is 4.29. The smallest absolute Gasteiger partial charge is 0.245 e. The topological polar surface area (TPSA) is 67.6 Å². The third-order valence-electron chi connectivity index (χ3n) is 3.69. The van der Waals surface area contributed by atoms with Crippen molar-refractivity contribution in [3.8, 4) is 0 Å². The summed E-state index contributed by atoms with van der Waals surface area (Å²) in [6.07, 6.45) is 3.57. The van der Waals surface area contributed by atoms with Crippen LogP contribution in [0.3, 0.4) is 0 Å². The maximum atomic E-state index is 5.36. The number of hydrogen-bond acceptors (Lipinski definition) is 6. The lowest BCUT2D eigenvalue weighted by atomic mass is 10.3. The number of nitrogens with zero attached hydrogens (tertiary/aromatic N) is 5. The van der Waals surface area contributed by atoms with Gasteiger partial charge in [0.1, 0.15) is 10.4 Å². The zero-order chi connectivity index (χ0) is 15.6. The SMILES string of the molecule is Brc1ccc2cnc(Nc3ccc(N4CCOCC4)nc3)nn12. The monoisotopic (exact) mass is 374 g/mol. The Bertz CT molecular complexity index is 812. The van der Waals surface area contributed by atoms with Gasteiger partial charge >= 0.3 is 0 Å². The normalized spacial score (nSPS) is 15.1. The van der Waals surface area contributed by atoms with Gasteiger partial charge in [0.25, 0.3) is 0 Å². The molecule has 3 aromatic rings. The minimum absolute atomic E-state index is 0.523. The van der Waals surface area contributed by atoms with Crippen molar-refractivity contribution in [1.29, 1.82) is 0 Å². The van der Waals surface area contributed by atoms with Crippen molar-refractivity contribution in [2.45, 2.75) is 0 Å². The van der Waals surface area contributed by atoms with Crippen molar-refractivity contribution < 1.29 is 4.74 Å². The maximum Gasteiger partial charge on any atom is 0.245 e. The highest BCUT2D eigenvalue weighted by molar-refractivity contribution is 9.10. The quantitative estimate of drug-likeness (QED) is 0.759. The predicted molar refractivity (Wildman–Crippen MR) is 91.2 cm³/mol. The highest BCUT2D eigenvalue weighted by Gasteiger charge is 2.12. The van der Waals surface area contributed by atoms with Crippen LogP contribution in [0.2, 0.25) is 0 Å². The molecule has 23 heavy (non-hydrogen) atoms. The van der Waals surface area contributed by atoms with Crippen LogP contribution in [-0.2, 0) is 4.74 Å². The van der Waals surface area contributed by atoms with Gasteiger partial charge in [0, 0.05) is 13.1 Å². The number of nitrogens with one attached hydrogen (secondary N) is 1. The lowest BCUT2D eigenvalue weighted by Gasteiger charge is -2.27. The van der Waals surface area contributed by atoms with Gasteiger partial charge in [0.15, 0.2) is 0 Å². The highest BCUT2D eigenvalue weighted by atomic mass is 79.9. The molecule has 8 heteroatoms. The number of ether oxygens (including phenoxy) is 1. The number of morpholine rings is 1. The van der Waals surface area contributed by atoms with E-state index in [1.807, 2.05) is 24.3 Å². The van der Waals surface area contributed by atoms with E-state index in [1.165, 1.54) is 0 Å². The van der Waals surface area contributed by atoms with Crippen molar-refractivity contribution in [1.82, 2.24) is 19.6 Å². The van der Waals surface area contributed by atoms with E-state index >= 15 is 0 Å². The summed E-state index contributed by atoms with van der Waals surface area (Å²) >= 11 is 3.46. The number of hydrogen-bond donors (Lipinski definition) is 1. The van der Waals surface area contributed by atoms with Gasteiger partial charge in [-0.15, -0.1) is 5.10 Å². The first-order valence-electron chi connectivity index (χ1n) is 7.36. The molecule has 0 saturated carbocycles. The average molecular weight is 375 g/mol. The van der Waals surface area contributed by atoms with Crippen LogP contribution >= 0.6 is 15.9 Å². The minimum Gasteiger partial charge on any atom is -0.378 e. The zero-order valence-corrected chi connectivity index (χ0v) is 13.9. The summed E-state index contributed by atoms with van der Waals surface area (Å²) in [4.78, 5) is 11.0. The van der Waals surface area contributed by atoms with Gasteiger partial charge in [-0.2, -0.15) is 0 Å². The summed E-state index contributed by atoms with van der Waals surface area (Å²) in [7, 11) is 0. The van der Waals surface area contributed by atoms with E-state index in [2.05, 4.69) is 41.2 Å². The number of anilines is 3. The second-order valence-corrected chi connectivity index (χ2v) is 6.02. The van der Waals surface area contributed by atoms with E-state index in [9.17, 15) is 0 Å². The molecule has 7 nitrogen and oxygen atoms in total. The van der Waals surface area contributed by atoms with E-state index in [1.54, 1.807) is 16.9 Å². The van der Waals surface area contributed by atoms with Crippen LogP contribution in [0.1, 0.15) is 0 Å². The average Bonchev–Trinajstić information content (AvgIpc) is 2.97. The van der Waals surface area contributed by atoms with E-state index in [0.29, 0.717) is 5.95 Å². The lowest BCUT2D eigenvalue weighted by Crippen LogP contribution is -2.36. The van der Waals surface area contributed by atoms with Crippen LogP contribution in [0.25, 0.3) is 5.52 Å². The predicted octanol–water partition coefficient (Wildman–Crippen LogP) is 2.47. The molecule has 0 bridgehead atoms. The molecule has 0 amide bonds. The van der Waals surface area contributed by atoms with Gasteiger partial charge in [0.2, 0.25) is 5.95 Å². The van der Waals surface area contributed by atoms with Crippen LogP contribution in [0, 0.1) is 0 Å². The van der Waals surface area contributed by atoms with E-state index in [-0.39, 0.29) is 0 Å². The van der Waals surface area contributed by atoms with Gasteiger partial charge < -0.3 is 15.0 Å². The van der Waals surface area contributed by atoms with Gasteiger partial charge in [-0.1, -0.05) is 0 Å². The number of rotatable bonds is 3. The number of fused-ring (bicyclic) bond motifs is 1. The maximum absolute atomic E-state index is 5.36. The zero-order valence-electron chi connectivity index (χ0n) is 12.3. The third kappa shape index (κ3) is 2.99. The number of halogens is 1. The summed E-state index contributed by atoms with van der Waals surface area (Å²) in [5.74, 6) is 1.48. The van der Waals surface area contributed by atoms with Crippen molar-refractivity contribution in [2.75, 3.05) is 36.5 Å². The first kappa shape index (κ1) is 14.4.